The minimum atomic E-state index is -1.11. The van der Waals surface area contributed by atoms with Crippen LogP contribution < -0.4 is 0 Å². The first-order chi connectivity index (χ1) is 8.56. The second kappa shape index (κ2) is 4.75. The molecule has 18 heavy (non-hydrogen) atoms. The van der Waals surface area contributed by atoms with Crippen molar-refractivity contribution in [2.75, 3.05) is 14.2 Å². The van der Waals surface area contributed by atoms with Crippen molar-refractivity contribution < 1.29 is 19.5 Å². The fourth-order valence-corrected chi connectivity index (χ4v) is 2.68. The summed E-state index contributed by atoms with van der Waals surface area (Å²) in [5.74, 6) is -1.57. The van der Waals surface area contributed by atoms with E-state index in [2.05, 4.69) is 0 Å². The molecule has 1 N–H and O–H groups in total. The van der Waals surface area contributed by atoms with Crippen molar-refractivity contribution in [3.05, 3.63) is 34.7 Å². The monoisotopic (exact) mass is 265 g/mol. The predicted octanol–water partition coefficient (Wildman–Crippen LogP) is 2.23. The molecular weight excluding hydrogens is 254 g/mol. The predicted molar refractivity (Wildman–Crippen MR) is 67.9 cm³/mol. The van der Waals surface area contributed by atoms with Gasteiger partial charge in [-0.2, -0.15) is 0 Å². The summed E-state index contributed by atoms with van der Waals surface area (Å²) >= 11 is 1.09. The molecule has 0 spiro atoms. The van der Waals surface area contributed by atoms with E-state index in [4.69, 9.17) is 9.94 Å². The lowest BCUT2D eigenvalue weighted by Crippen LogP contribution is -2.26. The SMILES string of the molecule is CON(C)C(=O)c1c(C(=O)O)sc2ccccc12. The lowest BCUT2D eigenvalue weighted by Gasteiger charge is -2.13. The van der Waals surface area contributed by atoms with E-state index in [1.807, 2.05) is 0 Å². The molecule has 1 aromatic carbocycles. The molecule has 94 valence electrons. The Bertz CT molecular complexity index is 620. The van der Waals surface area contributed by atoms with Crippen molar-refractivity contribution in [1.29, 1.82) is 0 Å². The van der Waals surface area contributed by atoms with Crippen LogP contribution in [-0.4, -0.2) is 36.2 Å². The van der Waals surface area contributed by atoms with Gasteiger partial charge in [-0.25, -0.2) is 9.86 Å². The van der Waals surface area contributed by atoms with Crippen LogP contribution in [0.4, 0.5) is 0 Å². The molecule has 0 aliphatic heterocycles. The van der Waals surface area contributed by atoms with E-state index >= 15 is 0 Å². The number of rotatable bonds is 3. The molecule has 0 fully saturated rings. The van der Waals surface area contributed by atoms with Gasteiger partial charge in [-0.1, -0.05) is 18.2 Å². The number of carbonyl (C=O) groups is 2. The maximum Gasteiger partial charge on any atom is 0.346 e. The number of thiophene rings is 1. The summed E-state index contributed by atoms with van der Waals surface area (Å²) in [6.07, 6.45) is 0. The van der Waals surface area contributed by atoms with Crippen LogP contribution in [0.3, 0.4) is 0 Å². The van der Waals surface area contributed by atoms with Crippen molar-refractivity contribution in [1.82, 2.24) is 5.06 Å². The minimum absolute atomic E-state index is 0.0325. The van der Waals surface area contributed by atoms with Gasteiger partial charge in [-0.3, -0.25) is 9.63 Å². The molecule has 0 aliphatic carbocycles. The standard InChI is InChI=1S/C12H11NO4S/c1-13(17-2)11(14)9-7-5-3-4-6-8(7)18-10(9)12(15)16/h3-6H,1-2H3,(H,15,16). The highest BCUT2D eigenvalue weighted by Crippen LogP contribution is 2.32. The molecular formula is C12H11NO4S. The number of carbonyl (C=O) groups excluding carboxylic acids is 1. The summed E-state index contributed by atoms with van der Waals surface area (Å²) in [5.41, 5.74) is 0.174. The first kappa shape index (κ1) is 12.5. The third-order valence-corrected chi connectivity index (χ3v) is 3.72. The van der Waals surface area contributed by atoms with Gasteiger partial charge in [-0.15, -0.1) is 11.3 Å². The van der Waals surface area contributed by atoms with Crippen LogP contribution in [0.1, 0.15) is 20.0 Å². The van der Waals surface area contributed by atoms with E-state index in [0.717, 1.165) is 21.1 Å². The highest BCUT2D eigenvalue weighted by atomic mass is 32.1. The summed E-state index contributed by atoms with van der Waals surface area (Å²) in [4.78, 5) is 28.2. The van der Waals surface area contributed by atoms with Crippen LogP contribution in [-0.2, 0) is 4.84 Å². The topological polar surface area (TPSA) is 66.8 Å². The number of amides is 1. The number of hydrogen-bond acceptors (Lipinski definition) is 4. The van der Waals surface area contributed by atoms with Gasteiger partial charge in [0.05, 0.1) is 12.7 Å². The van der Waals surface area contributed by atoms with E-state index in [1.165, 1.54) is 14.2 Å². The molecule has 0 unspecified atom stereocenters. The zero-order valence-corrected chi connectivity index (χ0v) is 10.7. The highest BCUT2D eigenvalue weighted by Gasteiger charge is 2.25. The summed E-state index contributed by atoms with van der Waals surface area (Å²) < 4.78 is 0.766. The summed E-state index contributed by atoms with van der Waals surface area (Å²) in [7, 11) is 2.80. The lowest BCUT2D eigenvalue weighted by atomic mass is 10.1. The van der Waals surface area contributed by atoms with Gasteiger partial charge in [0.15, 0.2) is 0 Å². The zero-order valence-electron chi connectivity index (χ0n) is 9.84. The number of hydroxylamine groups is 2. The third kappa shape index (κ3) is 1.96. The molecule has 0 radical (unpaired) electrons. The lowest BCUT2D eigenvalue weighted by molar-refractivity contribution is -0.0756. The Morgan fingerprint density at radius 3 is 2.61 bits per heavy atom. The summed E-state index contributed by atoms with van der Waals surface area (Å²) in [5, 5.41) is 10.8. The van der Waals surface area contributed by atoms with Gasteiger partial charge >= 0.3 is 5.97 Å². The highest BCUT2D eigenvalue weighted by molar-refractivity contribution is 7.21. The van der Waals surface area contributed by atoms with E-state index in [0.29, 0.717) is 5.39 Å². The number of carboxylic acid groups (broad SMARTS) is 1. The van der Waals surface area contributed by atoms with Crippen LogP contribution in [0.25, 0.3) is 10.1 Å². The Balaban J connectivity index is 2.69. The van der Waals surface area contributed by atoms with Crippen molar-refractivity contribution in [3.63, 3.8) is 0 Å². The second-order valence-electron chi connectivity index (χ2n) is 3.59. The van der Waals surface area contributed by atoms with Crippen molar-refractivity contribution >= 4 is 33.3 Å². The van der Waals surface area contributed by atoms with Crippen molar-refractivity contribution in [3.8, 4) is 0 Å². The maximum absolute atomic E-state index is 12.1. The molecule has 2 rings (SSSR count). The summed E-state index contributed by atoms with van der Waals surface area (Å²) in [6.45, 7) is 0. The van der Waals surface area contributed by atoms with Gasteiger partial charge < -0.3 is 5.11 Å². The smallest absolute Gasteiger partial charge is 0.346 e. The maximum atomic E-state index is 12.1. The van der Waals surface area contributed by atoms with Crippen LogP contribution in [0.2, 0.25) is 0 Å². The van der Waals surface area contributed by atoms with Crippen LogP contribution in [0.15, 0.2) is 24.3 Å². The van der Waals surface area contributed by atoms with E-state index in [1.54, 1.807) is 24.3 Å². The number of hydrogen-bond donors (Lipinski definition) is 1. The Labute approximate surface area is 107 Å². The van der Waals surface area contributed by atoms with E-state index < -0.39 is 11.9 Å². The van der Waals surface area contributed by atoms with Crippen molar-refractivity contribution in [2.45, 2.75) is 0 Å². The van der Waals surface area contributed by atoms with E-state index in [-0.39, 0.29) is 10.4 Å². The third-order valence-electron chi connectivity index (χ3n) is 2.56. The molecule has 2 aromatic rings. The molecule has 0 aliphatic rings. The van der Waals surface area contributed by atoms with Crippen LogP contribution in [0, 0.1) is 0 Å². The molecule has 1 aromatic heterocycles. The van der Waals surface area contributed by atoms with Gasteiger partial charge in [0, 0.05) is 17.1 Å². The largest absolute Gasteiger partial charge is 0.477 e. The molecule has 1 heterocycles. The Morgan fingerprint density at radius 2 is 2.00 bits per heavy atom. The fourth-order valence-electron chi connectivity index (χ4n) is 1.65. The molecule has 6 heteroatoms. The van der Waals surface area contributed by atoms with Gasteiger partial charge in [-0.05, 0) is 6.07 Å². The quantitative estimate of drug-likeness (QED) is 0.864. The number of carboxylic acids is 1. The average Bonchev–Trinajstić information content (AvgIpc) is 2.76. The molecule has 0 bridgehead atoms. The summed E-state index contributed by atoms with van der Waals surface area (Å²) in [6, 6.07) is 7.09. The number of nitrogens with zero attached hydrogens (tertiary/aromatic N) is 1. The van der Waals surface area contributed by atoms with Gasteiger partial charge in [0.25, 0.3) is 5.91 Å². The fraction of sp³-hybridized carbons (Fsp3) is 0.167. The second-order valence-corrected chi connectivity index (χ2v) is 4.64. The van der Waals surface area contributed by atoms with E-state index in [9.17, 15) is 9.59 Å². The van der Waals surface area contributed by atoms with Crippen LogP contribution in [0.5, 0.6) is 0 Å². The molecule has 5 nitrogen and oxygen atoms in total. The Hall–Kier alpha value is -1.92. The van der Waals surface area contributed by atoms with Crippen LogP contribution >= 0.6 is 11.3 Å². The zero-order chi connectivity index (χ0) is 13.3. The van der Waals surface area contributed by atoms with Crippen molar-refractivity contribution in [2.24, 2.45) is 0 Å². The number of aromatic carboxylic acids is 1. The molecule has 0 saturated heterocycles. The number of benzene rings is 1. The van der Waals surface area contributed by atoms with Gasteiger partial charge in [0.2, 0.25) is 0 Å². The first-order valence-electron chi connectivity index (χ1n) is 5.13. The van der Waals surface area contributed by atoms with Gasteiger partial charge in [0.1, 0.15) is 4.88 Å². The average molecular weight is 265 g/mol. The Morgan fingerprint density at radius 1 is 1.33 bits per heavy atom. The number of fused-ring (bicyclic) bond motifs is 1. The molecule has 0 saturated carbocycles. The molecule has 1 amide bonds. The molecule has 0 atom stereocenters. The minimum Gasteiger partial charge on any atom is -0.477 e. The normalized spacial score (nSPS) is 10.6. The Kier molecular flexibility index (Phi) is 3.31. The first-order valence-corrected chi connectivity index (χ1v) is 5.95.